The molecule has 2 N–H and O–H groups in total. The van der Waals surface area contributed by atoms with Crippen LogP contribution in [-0.2, 0) is 0 Å². The summed E-state index contributed by atoms with van der Waals surface area (Å²) < 4.78 is 14.5. The Morgan fingerprint density at radius 2 is 1.84 bits per heavy atom. The molecule has 7 heteroatoms. The SMILES string of the molecule is CC(NC(=O)c1ccc(-n2cncn2)cc1)C(O)c1ccc(F)cc1. The molecule has 25 heavy (non-hydrogen) atoms. The Morgan fingerprint density at radius 3 is 2.44 bits per heavy atom. The van der Waals surface area contributed by atoms with Crippen LogP contribution in [0.4, 0.5) is 4.39 Å². The van der Waals surface area contributed by atoms with E-state index in [0.29, 0.717) is 11.1 Å². The summed E-state index contributed by atoms with van der Waals surface area (Å²) in [5, 5.41) is 17.1. The molecule has 1 heterocycles. The molecule has 3 rings (SSSR count). The van der Waals surface area contributed by atoms with E-state index in [1.54, 1.807) is 42.2 Å². The first-order valence-corrected chi connectivity index (χ1v) is 7.74. The number of aliphatic hydroxyl groups is 1. The zero-order valence-corrected chi connectivity index (χ0v) is 13.5. The molecule has 0 saturated heterocycles. The van der Waals surface area contributed by atoms with E-state index in [2.05, 4.69) is 15.4 Å². The minimum atomic E-state index is -0.932. The highest BCUT2D eigenvalue weighted by atomic mass is 19.1. The number of nitrogens with one attached hydrogen (secondary N) is 1. The van der Waals surface area contributed by atoms with Crippen molar-refractivity contribution in [1.82, 2.24) is 20.1 Å². The lowest BCUT2D eigenvalue weighted by atomic mass is 10.0. The van der Waals surface area contributed by atoms with Gasteiger partial charge in [0, 0.05) is 5.56 Å². The van der Waals surface area contributed by atoms with Gasteiger partial charge in [-0.05, 0) is 48.9 Å². The summed E-state index contributed by atoms with van der Waals surface area (Å²) in [6.07, 6.45) is 2.06. The molecule has 1 amide bonds. The molecule has 1 aromatic heterocycles. The number of hydrogen-bond donors (Lipinski definition) is 2. The maximum atomic E-state index is 13.0. The number of hydrogen-bond acceptors (Lipinski definition) is 4. The summed E-state index contributed by atoms with van der Waals surface area (Å²) in [5.74, 6) is -0.682. The number of nitrogens with zero attached hydrogens (tertiary/aromatic N) is 3. The number of halogens is 1. The molecule has 0 bridgehead atoms. The molecule has 0 saturated carbocycles. The van der Waals surface area contributed by atoms with Crippen LogP contribution in [0.3, 0.4) is 0 Å². The molecule has 128 valence electrons. The number of aliphatic hydroxyl groups excluding tert-OH is 1. The van der Waals surface area contributed by atoms with Crippen LogP contribution in [0.2, 0.25) is 0 Å². The largest absolute Gasteiger partial charge is 0.386 e. The molecule has 0 aliphatic carbocycles. The summed E-state index contributed by atoms with van der Waals surface area (Å²) in [6.45, 7) is 1.69. The Bertz CT molecular complexity index is 833. The van der Waals surface area contributed by atoms with Gasteiger partial charge in [-0.15, -0.1) is 0 Å². The summed E-state index contributed by atoms with van der Waals surface area (Å²) in [6, 6.07) is 11.9. The van der Waals surface area contributed by atoms with Crippen molar-refractivity contribution in [2.75, 3.05) is 0 Å². The molecular weight excluding hydrogens is 323 g/mol. The number of carbonyl (C=O) groups is 1. The van der Waals surface area contributed by atoms with Gasteiger partial charge < -0.3 is 10.4 Å². The van der Waals surface area contributed by atoms with Gasteiger partial charge in [0.2, 0.25) is 0 Å². The van der Waals surface area contributed by atoms with Crippen LogP contribution in [0, 0.1) is 5.82 Å². The van der Waals surface area contributed by atoms with Gasteiger partial charge in [-0.2, -0.15) is 5.10 Å². The minimum Gasteiger partial charge on any atom is -0.386 e. The number of aromatic nitrogens is 3. The van der Waals surface area contributed by atoms with Gasteiger partial charge in [0.05, 0.1) is 17.8 Å². The molecule has 3 aromatic rings. The molecule has 2 aromatic carbocycles. The third-order valence-electron chi connectivity index (χ3n) is 3.86. The van der Waals surface area contributed by atoms with Crippen LogP contribution in [-0.4, -0.2) is 31.8 Å². The predicted octanol–water partition coefficient (Wildman–Crippen LogP) is 2.26. The second-order valence-corrected chi connectivity index (χ2v) is 5.65. The summed E-state index contributed by atoms with van der Waals surface area (Å²) in [4.78, 5) is 16.2. The van der Waals surface area contributed by atoms with Gasteiger partial charge in [0.15, 0.2) is 0 Å². The van der Waals surface area contributed by atoms with Crippen LogP contribution < -0.4 is 5.32 Å². The van der Waals surface area contributed by atoms with Crippen molar-refractivity contribution in [1.29, 1.82) is 0 Å². The van der Waals surface area contributed by atoms with Gasteiger partial charge in [-0.3, -0.25) is 4.79 Å². The van der Waals surface area contributed by atoms with Gasteiger partial charge in [-0.25, -0.2) is 14.1 Å². The second kappa shape index (κ2) is 7.23. The van der Waals surface area contributed by atoms with E-state index in [0.717, 1.165) is 5.69 Å². The third kappa shape index (κ3) is 3.89. The van der Waals surface area contributed by atoms with E-state index < -0.39 is 12.1 Å². The fraction of sp³-hybridized carbons (Fsp3) is 0.167. The van der Waals surface area contributed by atoms with Crippen molar-refractivity contribution in [2.45, 2.75) is 19.1 Å². The molecule has 2 unspecified atom stereocenters. The van der Waals surface area contributed by atoms with E-state index in [4.69, 9.17) is 0 Å². The maximum Gasteiger partial charge on any atom is 0.251 e. The first kappa shape index (κ1) is 16.8. The van der Waals surface area contributed by atoms with Crippen molar-refractivity contribution in [3.63, 3.8) is 0 Å². The van der Waals surface area contributed by atoms with Crippen molar-refractivity contribution >= 4 is 5.91 Å². The molecule has 6 nitrogen and oxygen atoms in total. The molecule has 2 atom stereocenters. The van der Waals surface area contributed by atoms with Crippen molar-refractivity contribution in [2.24, 2.45) is 0 Å². The van der Waals surface area contributed by atoms with Gasteiger partial charge in [-0.1, -0.05) is 12.1 Å². The highest BCUT2D eigenvalue weighted by Gasteiger charge is 2.19. The van der Waals surface area contributed by atoms with Crippen molar-refractivity contribution < 1.29 is 14.3 Å². The van der Waals surface area contributed by atoms with Crippen molar-refractivity contribution in [3.8, 4) is 5.69 Å². The molecular formula is C18H17FN4O2. The third-order valence-corrected chi connectivity index (χ3v) is 3.86. The molecule has 0 aliphatic heterocycles. The van der Waals surface area contributed by atoms with Crippen LogP contribution in [0.5, 0.6) is 0 Å². The molecule has 0 spiro atoms. The van der Waals surface area contributed by atoms with Crippen LogP contribution in [0.25, 0.3) is 5.69 Å². The Labute approximate surface area is 144 Å². The minimum absolute atomic E-state index is 0.307. The van der Waals surface area contributed by atoms with E-state index in [1.807, 2.05) is 0 Å². The monoisotopic (exact) mass is 340 g/mol. The van der Waals surface area contributed by atoms with Crippen LogP contribution in [0.1, 0.15) is 28.9 Å². The number of benzene rings is 2. The molecule has 0 radical (unpaired) electrons. The Morgan fingerprint density at radius 1 is 1.16 bits per heavy atom. The highest BCUT2D eigenvalue weighted by Crippen LogP contribution is 2.17. The average Bonchev–Trinajstić information content (AvgIpc) is 3.16. The summed E-state index contributed by atoms with van der Waals surface area (Å²) in [5.41, 5.74) is 1.78. The van der Waals surface area contributed by atoms with Gasteiger partial charge >= 0.3 is 0 Å². The quantitative estimate of drug-likeness (QED) is 0.747. The number of amides is 1. The first-order chi connectivity index (χ1) is 12.0. The second-order valence-electron chi connectivity index (χ2n) is 5.65. The van der Waals surface area contributed by atoms with E-state index in [1.165, 1.54) is 30.6 Å². The molecule has 0 fully saturated rings. The van der Waals surface area contributed by atoms with E-state index in [-0.39, 0.29) is 11.7 Å². The number of carbonyl (C=O) groups excluding carboxylic acids is 1. The highest BCUT2D eigenvalue weighted by molar-refractivity contribution is 5.94. The number of rotatable bonds is 5. The lowest BCUT2D eigenvalue weighted by Crippen LogP contribution is -2.37. The smallest absolute Gasteiger partial charge is 0.251 e. The predicted molar refractivity (Wildman–Crippen MR) is 89.6 cm³/mol. The Kier molecular flexibility index (Phi) is 4.85. The molecule has 0 aliphatic rings. The average molecular weight is 340 g/mol. The normalized spacial score (nSPS) is 13.2. The lowest BCUT2D eigenvalue weighted by Gasteiger charge is -2.20. The van der Waals surface area contributed by atoms with E-state index in [9.17, 15) is 14.3 Å². The zero-order valence-electron chi connectivity index (χ0n) is 13.5. The summed E-state index contributed by atoms with van der Waals surface area (Å²) in [7, 11) is 0. The van der Waals surface area contributed by atoms with Gasteiger partial charge in [0.1, 0.15) is 18.5 Å². The topological polar surface area (TPSA) is 80.0 Å². The lowest BCUT2D eigenvalue weighted by molar-refractivity contribution is 0.0852. The fourth-order valence-electron chi connectivity index (χ4n) is 2.42. The first-order valence-electron chi connectivity index (χ1n) is 7.74. The Balaban J connectivity index is 1.65. The van der Waals surface area contributed by atoms with E-state index >= 15 is 0 Å². The van der Waals surface area contributed by atoms with Crippen LogP contribution >= 0.6 is 0 Å². The maximum absolute atomic E-state index is 13.0. The Hall–Kier alpha value is -3.06. The summed E-state index contributed by atoms with van der Waals surface area (Å²) >= 11 is 0. The van der Waals surface area contributed by atoms with Crippen molar-refractivity contribution in [3.05, 3.63) is 78.1 Å². The standard InChI is InChI=1S/C18H17FN4O2/c1-12(17(24)13-2-6-15(19)7-3-13)22-18(25)14-4-8-16(9-5-14)23-11-20-10-21-23/h2-12,17,24H,1H3,(H,22,25). The fourth-order valence-corrected chi connectivity index (χ4v) is 2.42. The van der Waals surface area contributed by atoms with Gasteiger partial charge in [0.25, 0.3) is 5.91 Å². The zero-order chi connectivity index (χ0) is 17.8. The van der Waals surface area contributed by atoms with Crippen LogP contribution in [0.15, 0.2) is 61.2 Å².